The lowest BCUT2D eigenvalue weighted by molar-refractivity contribution is -0.134. The lowest BCUT2D eigenvalue weighted by atomic mass is 9.98. The molecule has 0 saturated carbocycles. The first-order valence-electron chi connectivity index (χ1n) is 10.2. The Bertz CT molecular complexity index is 1060. The van der Waals surface area contributed by atoms with Gasteiger partial charge in [-0.15, -0.1) is 0 Å². The molecule has 1 amide bonds. The van der Waals surface area contributed by atoms with E-state index in [1.807, 2.05) is 61.5 Å². The number of hydrogen-bond acceptors (Lipinski definition) is 5. The summed E-state index contributed by atoms with van der Waals surface area (Å²) in [6.45, 7) is 3.64. The molecule has 1 aromatic heterocycles. The van der Waals surface area contributed by atoms with E-state index in [-0.39, 0.29) is 11.8 Å². The number of hydroxylamine groups is 1. The minimum atomic E-state index is -1.01. The van der Waals surface area contributed by atoms with Gasteiger partial charge >= 0.3 is 5.69 Å². The van der Waals surface area contributed by atoms with Crippen molar-refractivity contribution in [3.8, 4) is 17.4 Å². The molecular formula is C23H27N3O5. The average Bonchev–Trinajstić information content (AvgIpc) is 3.07. The molecule has 0 saturated heterocycles. The van der Waals surface area contributed by atoms with E-state index in [2.05, 4.69) is 4.98 Å². The van der Waals surface area contributed by atoms with Crippen LogP contribution in [0.2, 0.25) is 0 Å². The molecule has 8 nitrogen and oxygen atoms in total. The van der Waals surface area contributed by atoms with Crippen molar-refractivity contribution in [2.45, 2.75) is 39.2 Å². The number of nitrogens with one attached hydrogen (secondary N) is 2. The molecule has 3 aromatic rings. The van der Waals surface area contributed by atoms with Gasteiger partial charge in [-0.05, 0) is 48.6 Å². The van der Waals surface area contributed by atoms with Crippen LogP contribution < -0.4 is 15.9 Å². The third kappa shape index (κ3) is 5.16. The van der Waals surface area contributed by atoms with Gasteiger partial charge in [-0.2, -0.15) is 0 Å². The summed E-state index contributed by atoms with van der Waals surface area (Å²) < 4.78 is 6.78. The van der Waals surface area contributed by atoms with Crippen LogP contribution in [0.4, 0.5) is 0 Å². The molecule has 0 spiro atoms. The van der Waals surface area contributed by atoms with Crippen LogP contribution in [0.1, 0.15) is 37.6 Å². The SMILES string of the molecule is CCC(C)C(C(=O)NO)n1c(O)c(CCc2ccc(Oc3ccccc3)cc2)[nH]c1=O. The van der Waals surface area contributed by atoms with Crippen LogP contribution in [-0.4, -0.2) is 25.8 Å². The number of para-hydroxylation sites is 1. The monoisotopic (exact) mass is 425 g/mol. The van der Waals surface area contributed by atoms with Crippen LogP contribution in [0.25, 0.3) is 0 Å². The Balaban J connectivity index is 1.72. The molecule has 2 aromatic carbocycles. The standard InChI is InChI=1S/C23H27N3O5/c1-3-15(2)20(21(27)25-30)26-22(28)19(24-23(26)29)14-11-16-9-12-18(13-10-16)31-17-7-5-4-6-8-17/h4-10,12-13,15,20,28,30H,3,11,14H2,1-2H3,(H,24,29)(H,25,27). The van der Waals surface area contributed by atoms with Gasteiger partial charge in [0.15, 0.2) is 0 Å². The Hall–Kier alpha value is -3.52. The first-order valence-corrected chi connectivity index (χ1v) is 10.2. The van der Waals surface area contributed by atoms with Crippen molar-refractivity contribution in [2.24, 2.45) is 5.92 Å². The number of aromatic hydroxyl groups is 1. The maximum atomic E-state index is 12.4. The van der Waals surface area contributed by atoms with Crippen LogP contribution in [0, 0.1) is 5.92 Å². The number of carbonyl (C=O) groups excluding carboxylic acids is 1. The van der Waals surface area contributed by atoms with E-state index in [0.29, 0.717) is 30.7 Å². The van der Waals surface area contributed by atoms with Crippen molar-refractivity contribution >= 4 is 5.91 Å². The highest BCUT2D eigenvalue weighted by Gasteiger charge is 2.30. The number of ether oxygens (including phenoxy) is 1. The summed E-state index contributed by atoms with van der Waals surface area (Å²) in [4.78, 5) is 27.2. The predicted molar refractivity (Wildman–Crippen MR) is 116 cm³/mol. The van der Waals surface area contributed by atoms with Gasteiger partial charge in [0.05, 0.1) is 5.69 Å². The molecule has 164 valence electrons. The third-order valence-corrected chi connectivity index (χ3v) is 5.38. The third-order valence-electron chi connectivity index (χ3n) is 5.38. The molecule has 0 aliphatic heterocycles. The number of aryl methyl sites for hydroxylation is 2. The Morgan fingerprint density at radius 1 is 1.10 bits per heavy atom. The van der Waals surface area contributed by atoms with Gasteiger partial charge in [-0.1, -0.05) is 50.6 Å². The van der Waals surface area contributed by atoms with Crippen molar-refractivity contribution < 1.29 is 19.8 Å². The number of rotatable bonds is 9. The Kier molecular flexibility index (Phi) is 7.15. The van der Waals surface area contributed by atoms with Crippen LogP contribution in [0.3, 0.4) is 0 Å². The van der Waals surface area contributed by atoms with E-state index in [9.17, 15) is 14.7 Å². The molecule has 2 unspecified atom stereocenters. The molecule has 3 rings (SSSR count). The number of hydrogen-bond donors (Lipinski definition) is 4. The molecule has 0 aliphatic rings. The number of amides is 1. The number of aromatic amines is 1. The fraction of sp³-hybridized carbons (Fsp3) is 0.304. The Morgan fingerprint density at radius 3 is 2.35 bits per heavy atom. The normalized spacial score (nSPS) is 12.9. The number of carbonyl (C=O) groups is 1. The minimum Gasteiger partial charge on any atom is -0.493 e. The van der Waals surface area contributed by atoms with Crippen molar-refractivity contribution in [1.29, 1.82) is 0 Å². The zero-order valence-electron chi connectivity index (χ0n) is 17.5. The number of nitrogens with zero attached hydrogens (tertiary/aromatic N) is 1. The number of H-pyrrole nitrogens is 1. The van der Waals surface area contributed by atoms with Gasteiger partial charge in [0.25, 0.3) is 5.91 Å². The molecule has 0 aliphatic carbocycles. The maximum Gasteiger partial charge on any atom is 0.329 e. The molecule has 0 fully saturated rings. The topological polar surface area (TPSA) is 117 Å². The highest BCUT2D eigenvalue weighted by atomic mass is 16.5. The molecule has 4 N–H and O–H groups in total. The fourth-order valence-corrected chi connectivity index (χ4v) is 3.46. The molecule has 1 heterocycles. The number of benzene rings is 2. The van der Waals surface area contributed by atoms with Crippen LogP contribution in [0.5, 0.6) is 17.4 Å². The van der Waals surface area contributed by atoms with Crippen LogP contribution in [-0.2, 0) is 17.6 Å². The lowest BCUT2D eigenvalue weighted by Crippen LogP contribution is -2.38. The summed E-state index contributed by atoms with van der Waals surface area (Å²) in [5.41, 5.74) is 2.34. The summed E-state index contributed by atoms with van der Waals surface area (Å²) in [5.74, 6) is 0.163. The van der Waals surface area contributed by atoms with Gasteiger partial charge in [-0.25, -0.2) is 10.3 Å². The minimum absolute atomic E-state index is 0.267. The summed E-state index contributed by atoms with van der Waals surface area (Å²) in [7, 11) is 0. The zero-order valence-corrected chi connectivity index (χ0v) is 17.5. The van der Waals surface area contributed by atoms with Crippen LogP contribution in [0.15, 0.2) is 59.4 Å². The first kappa shape index (κ1) is 22.2. The molecule has 0 bridgehead atoms. The number of imidazole rings is 1. The maximum absolute atomic E-state index is 12.4. The molecule has 8 heteroatoms. The summed E-state index contributed by atoms with van der Waals surface area (Å²) in [6, 6.07) is 16.0. The largest absolute Gasteiger partial charge is 0.493 e. The zero-order chi connectivity index (χ0) is 22.4. The second kappa shape index (κ2) is 9.99. The molecule has 0 radical (unpaired) electrons. The quantitative estimate of drug-likeness (QED) is 0.309. The summed E-state index contributed by atoms with van der Waals surface area (Å²) >= 11 is 0. The van der Waals surface area contributed by atoms with Gasteiger partial charge < -0.3 is 14.8 Å². The highest BCUT2D eigenvalue weighted by Crippen LogP contribution is 2.27. The van der Waals surface area contributed by atoms with E-state index < -0.39 is 17.6 Å². The highest BCUT2D eigenvalue weighted by molar-refractivity contribution is 5.79. The van der Waals surface area contributed by atoms with Crippen molar-refractivity contribution in [2.75, 3.05) is 0 Å². The van der Waals surface area contributed by atoms with E-state index in [1.165, 1.54) is 0 Å². The van der Waals surface area contributed by atoms with Crippen molar-refractivity contribution in [1.82, 2.24) is 15.0 Å². The first-order chi connectivity index (χ1) is 14.9. The van der Waals surface area contributed by atoms with E-state index in [4.69, 9.17) is 9.94 Å². The molecular weight excluding hydrogens is 398 g/mol. The Labute approximate surface area is 180 Å². The second-order valence-corrected chi connectivity index (χ2v) is 7.47. The van der Waals surface area contributed by atoms with Gasteiger partial charge in [0.2, 0.25) is 5.88 Å². The fourth-order valence-electron chi connectivity index (χ4n) is 3.46. The van der Waals surface area contributed by atoms with Crippen molar-refractivity contribution in [3.05, 3.63) is 76.3 Å². The molecule has 31 heavy (non-hydrogen) atoms. The predicted octanol–water partition coefficient (Wildman–Crippen LogP) is 3.55. The summed E-state index contributed by atoms with van der Waals surface area (Å²) in [6.07, 6.45) is 1.53. The molecule has 2 atom stereocenters. The second-order valence-electron chi connectivity index (χ2n) is 7.47. The van der Waals surface area contributed by atoms with Crippen molar-refractivity contribution in [3.63, 3.8) is 0 Å². The summed E-state index contributed by atoms with van der Waals surface area (Å²) in [5, 5.41) is 19.7. The Morgan fingerprint density at radius 2 is 1.74 bits per heavy atom. The van der Waals surface area contributed by atoms with E-state index in [0.717, 1.165) is 15.9 Å². The number of aromatic nitrogens is 2. The average molecular weight is 425 g/mol. The van der Waals surface area contributed by atoms with E-state index >= 15 is 0 Å². The smallest absolute Gasteiger partial charge is 0.329 e. The van der Waals surface area contributed by atoms with Gasteiger partial charge in [0.1, 0.15) is 17.5 Å². The van der Waals surface area contributed by atoms with Gasteiger partial charge in [-0.3, -0.25) is 14.6 Å². The van der Waals surface area contributed by atoms with E-state index in [1.54, 1.807) is 12.4 Å². The van der Waals surface area contributed by atoms with Crippen LogP contribution >= 0.6 is 0 Å². The lowest BCUT2D eigenvalue weighted by Gasteiger charge is -2.22. The van der Waals surface area contributed by atoms with Gasteiger partial charge in [0, 0.05) is 0 Å².